The van der Waals surface area contributed by atoms with E-state index >= 15 is 0 Å². The molecule has 86 valence electrons. The average Bonchev–Trinajstić information content (AvgIpc) is 2.70. The molecular weight excluding hydrogens is 272 g/mol. The Balaban J connectivity index is 2.11. The Morgan fingerprint density at radius 1 is 1.56 bits per heavy atom. The lowest BCUT2D eigenvalue weighted by molar-refractivity contribution is 0.141. The molecule has 0 spiro atoms. The van der Waals surface area contributed by atoms with Gasteiger partial charge in [0.05, 0.1) is 13.2 Å². The molecule has 1 heterocycles. The number of nitrogen functional groups attached to an aromatic ring is 1. The van der Waals surface area contributed by atoms with Gasteiger partial charge in [0.25, 0.3) is 0 Å². The van der Waals surface area contributed by atoms with Gasteiger partial charge in [-0.05, 0) is 34.1 Å². The van der Waals surface area contributed by atoms with Crippen LogP contribution in [0.3, 0.4) is 0 Å². The van der Waals surface area contributed by atoms with Gasteiger partial charge in [0.1, 0.15) is 17.7 Å². The van der Waals surface area contributed by atoms with Crippen LogP contribution in [0.15, 0.2) is 22.7 Å². The Hall–Kier alpha value is -1.07. The molecule has 5 heteroatoms. The first kappa shape index (κ1) is 11.4. The molecule has 4 nitrogen and oxygen atoms in total. The number of nitrogens with two attached hydrogens (primary N) is 1. The summed E-state index contributed by atoms with van der Waals surface area (Å²) in [6, 6.07) is 5.42. The number of hydrogen-bond acceptors (Lipinski definition) is 3. The minimum Gasteiger partial charge on any atom is -0.488 e. The van der Waals surface area contributed by atoms with E-state index in [1.54, 1.807) is 6.07 Å². The molecule has 0 saturated carbocycles. The first-order valence-electron chi connectivity index (χ1n) is 5.05. The van der Waals surface area contributed by atoms with E-state index in [1.165, 1.54) is 0 Å². The molecule has 0 aromatic heterocycles. The Labute approximate surface area is 102 Å². The highest BCUT2D eigenvalue weighted by Gasteiger charge is 2.17. The third-order valence-corrected chi connectivity index (χ3v) is 3.08. The molecule has 1 fully saturated rings. The maximum Gasteiger partial charge on any atom is 0.124 e. The molecule has 0 amide bonds. The summed E-state index contributed by atoms with van der Waals surface area (Å²) in [4.78, 5) is 0. The molecule has 1 aliphatic rings. The molecule has 0 bridgehead atoms. The molecule has 1 aliphatic heterocycles. The van der Waals surface area contributed by atoms with Crippen molar-refractivity contribution in [3.63, 3.8) is 0 Å². The summed E-state index contributed by atoms with van der Waals surface area (Å²) in [6.45, 7) is 1.41. The monoisotopic (exact) mass is 284 g/mol. The Bertz CT molecular complexity index is 403. The number of amidine groups is 1. The van der Waals surface area contributed by atoms with E-state index in [1.807, 2.05) is 12.1 Å². The van der Waals surface area contributed by atoms with Gasteiger partial charge in [-0.3, -0.25) is 5.41 Å². The zero-order valence-corrected chi connectivity index (χ0v) is 10.3. The lowest BCUT2D eigenvalue weighted by Gasteiger charge is -2.12. The Morgan fingerprint density at radius 2 is 2.38 bits per heavy atom. The number of ether oxygens (including phenoxy) is 2. The minimum atomic E-state index is 0.0441. The van der Waals surface area contributed by atoms with Gasteiger partial charge in [-0.2, -0.15) is 0 Å². The fourth-order valence-electron chi connectivity index (χ4n) is 1.59. The standard InChI is InChI=1S/C11H13BrN2O2/c12-10-5-7(1-2-9(10)11(13)14)16-8-3-4-15-6-8/h1-2,5,8H,3-4,6H2,(H3,13,14). The zero-order chi connectivity index (χ0) is 11.5. The first-order valence-corrected chi connectivity index (χ1v) is 5.84. The van der Waals surface area contributed by atoms with Crippen LogP contribution in [0.4, 0.5) is 0 Å². The van der Waals surface area contributed by atoms with Crippen LogP contribution in [-0.4, -0.2) is 25.2 Å². The van der Waals surface area contributed by atoms with Crippen molar-refractivity contribution in [2.75, 3.05) is 13.2 Å². The molecule has 2 rings (SSSR count). The SMILES string of the molecule is N=C(N)c1ccc(OC2CCOC2)cc1Br. The van der Waals surface area contributed by atoms with Crippen LogP contribution in [0.5, 0.6) is 5.75 Å². The summed E-state index contributed by atoms with van der Waals surface area (Å²) < 4.78 is 11.7. The number of rotatable bonds is 3. The van der Waals surface area contributed by atoms with Crippen molar-refractivity contribution in [2.45, 2.75) is 12.5 Å². The van der Waals surface area contributed by atoms with E-state index in [2.05, 4.69) is 15.9 Å². The van der Waals surface area contributed by atoms with Gasteiger partial charge in [-0.25, -0.2) is 0 Å². The van der Waals surface area contributed by atoms with Crippen molar-refractivity contribution < 1.29 is 9.47 Å². The van der Waals surface area contributed by atoms with Crippen molar-refractivity contribution in [1.82, 2.24) is 0 Å². The minimum absolute atomic E-state index is 0.0441. The lowest BCUT2D eigenvalue weighted by atomic mass is 10.2. The first-order chi connectivity index (χ1) is 7.66. The highest BCUT2D eigenvalue weighted by molar-refractivity contribution is 9.10. The van der Waals surface area contributed by atoms with Crippen molar-refractivity contribution in [3.05, 3.63) is 28.2 Å². The van der Waals surface area contributed by atoms with Crippen molar-refractivity contribution >= 4 is 21.8 Å². The summed E-state index contributed by atoms with van der Waals surface area (Å²) in [7, 11) is 0. The lowest BCUT2D eigenvalue weighted by Crippen LogP contribution is -2.16. The summed E-state index contributed by atoms with van der Waals surface area (Å²) in [5, 5.41) is 7.36. The van der Waals surface area contributed by atoms with Gasteiger partial charge in [0.15, 0.2) is 0 Å². The number of benzene rings is 1. The largest absolute Gasteiger partial charge is 0.488 e. The van der Waals surface area contributed by atoms with Crippen LogP contribution in [-0.2, 0) is 4.74 Å². The van der Waals surface area contributed by atoms with E-state index in [4.69, 9.17) is 20.6 Å². The second kappa shape index (κ2) is 4.84. The third-order valence-electron chi connectivity index (χ3n) is 2.42. The number of halogens is 1. The van der Waals surface area contributed by atoms with E-state index in [-0.39, 0.29) is 11.9 Å². The molecule has 0 aliphatic carbocycles. The smallest absolute Gasteiger partial charge is 0.124 e. The second-order valence-electron chi connectivity index (χ2n) is 3.66. The van der Waals surface area contributed by atoms with Gasteiger partial charge in [-0.1, -0.05) is 0 Å². The second-order valence-corrected chi connectivity index (χ2v) is 4.51. The molecule has 1 aromatic rings. The predicted molar refractivity (Wildman–Crippen MR) is 65.0 cm³/mol. The van der Waals surface area contributed by atoms with Crippen LogP contribution < -0.4 is 10.5 Å². The normalized spacial score (nSPS) is 19.7. The van der Waals surface area contributed by atoms with Gasteiger partial charge in [0.2, 0.25) is 0 Å². The summed E-state index contributed by atoms with van der Waals surface area (Å²) in [6.07, 6.45) is 1.06. The highest BCUT2D eigenvalue weighted by Crippen LogP contribution is 2.24. The predicted octanol–water partition coefficient (Wildman–Crippen LogP) is 1.90. The molecular formula is C11H13BrN2O2. The van der Waals surface area contributed by atoms with Gasteiger partial charge in [0, 0.05) is 16.5 Å². The van der Waals surface area contributed by atoms with Crippen LogP contribution in [0.25, 0.3) is 0 Å². The van der Waals surface area contributed by atoms with Crippen molar-refractivity contribution in [2.24, 2.45) is 5.73 Å². The van der Waals surface area contributed by atoms with Crippen molar-refractivity contribution in [1.29, 1.82) is 5.41 Å². The van der Waals surface area contributed by atoms with E-state index in [9.17, 15) is 0 Å². The van der Waals surface area contributed by atoms with Gasteiger partial charge >= 0.3 is 0 Å². The number of nitrogens with one attached hydrogen (secondary N) is 1. The average molecular weight is 285 g/mol. The maximum atomic E-state index is 7.36. The van der Waals surface area contributed by atoms with Crippen molar-refractivity contribution in [3.8, 4) is 5.75 Å². The molecule has 1 aromatic carbocycles. The van der Waals surface area contributed by atoms with E-state index in [0.29, 0.717) is 12.2 Å². The Kier molecular flexibility index (Phi) is 3.46. The molecule has 16 heavy (non-hydrogen) atoms. The quantitative estimate of drug-likeness (QED) is 0.658. The van der Waals surface area contributed by atoms with E-state index < -0.39 is 0 Å². The zero-order valence-electron chi connectivity index (χ0n) is 8.70. The summed E-state index contributed by atoms with van der Waals surface area (Å²) in [5.74, 6) is 0.815. The van der Waals surface area contributed by atoms with Gasteiger partial charge < -0.3 is 15.2 Å². The third kappa shape index (κ3) is 2.54. The van der Waals surface area contributed by atoms with Crippen LogP contribution in [0.1, 0.15) is 12.0 Å². The molecule has 3 N–H and O–H groups in total. The summed E-state index contributed by atoms with van der Waals surface area (Å²) >= 11 is 3.37. The van der Waals surface area contributed by atoms with Crippen LogP contribution >= 0.6 is 15.9 Å². The fourth-order valence-corrected chi connectivity index (χ4v) is 2.16. The molecule has 1 atom stereocenters. The maximum absolute atomic E-state index is 7.36. The van der Waals surface area contributed by atoms with Crippen LogP contribution in [0.2, 0.25) is 0 Å². The van der Waals surface area contributed by atoms with E-state index in [0.717, 1.165) is 23.2 Å². The summed E-state index contributed by atoms with van der Waals surface area (Å²) in [5.41, 5.74) is 6.10. The fraction of sp³-hybridized carbons (Fsp3) is 0.364. The van der Waals surface area contributed by atoms with Crippen LogP contribution in [0, 0.1) is 5.41 Å². The van der Waals surface area contributed by atoms with Gasteiger partial charge in [-0.15, -0.1) is 0 Å². The molecule has 1 unspecified atom stereocenters. The molecule has 1 saturated heterocycles. The topological polar surface area (TPSA) is 68.3 Å². The highest BCUT2D eigenvalue weighted by atomic mass is 79.9. The molecule has 0 radical (unpaired) electrons. The number of hydrogen-bond donors (Lipinski definition) is 2. The Morgan fingerprint density at radius 3 is 2.94 bits per heavy atom.